The van der Waals surface area contributed by atoms with E-state index < -0.39 is 0 Å². The Morgan fingerprint density at radius 3 is 2.53 bits per heavy atom. The molecule has 154 valence electrons. The molecule has 0 spiro atoms. The van der Waals surface area contributed by atoms with Crippen LogP contribution in [-0.2, 0) is 0 Å². The first-order valence-corrected chi connectivity index (χ1v) is 9.94. The number of nitrogens with one attached hydrogen (secondary N) is 1. The number of likely N-dealkylation sites (tertiary alicyclic amines) is 1. The quantitative estimate of drug-likeness (QED) is 0.699. The minimum absolute atomic E-state index is 0.0509. The van der Waals surface area contributed by atoms with Crippen LogP contribution in [0.4, 0.5) is 5.82 Å². The molecular weight excluding hydrogens is 380 g/mol. The fourth-order valence-electron chi connectivity index (χ4n) is 3.63. The highest BCUT2D eigenvalue weighted by Gasteiger charge is 2.26. The average molecular weight is 404 g/mol. The van der Waals surface area contributed by atoms with Crippen molar-refractivity contribution < 1.29 is 9.53 Å². The van der Waals surface area contributed by atoms with E-state index in [9.17, 15) is 4.79 Å². The Morgan fingerprint density at radius 2 is 1.90 bits per heavy atom. The highest BCUT2D eigenvalue weighted by atomic mass is 16.5. The van der Waals surface area contributed by atoms with Crippen molar-refractivity contribution in [3.8, 4) is 17.3 Å². The van der Waals surface area contributed by atoms with Crippen LogP contribution in [0.1, 0.15) is 34.8 Å². The van der Waals surface area contributed by atoms with E-state index in [1.165, 1.54) is 0 Å². The van der Waals surface area contributed by atoms with Crippen molar-refractivity contribution >= 4 is 11.7 Å². The molecule has 1 aliphatic rings. The number of benzene rings is 1. The lowest BCUT2D eigenvalue weighted by Gasteiger charge is -2.32. The number of methoxy groups -OCH3 is 1. The molecule has 0 aliphatic carbocycles. The highest BCUT2D eigenvalue weighted by molar-refractivity contribution is 5.94. The lowest BCUT2D eigenvalue weighted by Crippen LogP contribution is -2.38. The first-order chi connectivity index (χ1) is 14.7. The fraction of sp³-hybridized carbons (Fsp3) is 0.318. The number of aromatic nitrogens is 4. The van der Waals surface area contributed by atoms with Gasteiger partial charge < -0.3 is 15.0 Å². The van der Waals surface area contributed by atoms with Gasteiger partial charge in [-0.1, -0.05) is 0 Å². The van der Waals surface area contributed by atoms with Crippen LogP contribution in [0.2, 0.25) is 0 Å². The molecule has 1 aliphatic heterocycles. The number of hydrogen-bond donors (Lipinski definition) is 1. The molecule has 30 heavy (non-hydrogen) atoms. The van der Waals surface area contributed by atoms with Gasteiger partial charge in [0.15, 0.2) is 5.82 Å². The zero-order valence-corrected chi connectivity index (χ0v) is 17.1. The summed E-state index contributed by atoms with van der Waals surface area (Å²) < 4.78 is 5.17. The van der Waals surface area contributed by atoms with Crippen molar-refractivity contribution in [3.05, 3.63) is 60.2 Å². The number of hydrogen-bond acceptors (Lipinski definition) is 7. The van der Waals surface area contributed by atoms with Gasteiger partial charge in [-0.3, -0.25) is 9.78 Å². The third-order valence-corrected chi connectivity index (χ3v) is 5.33. The van der Waals surface area contributed by atoms with Crippen LogP contribution in [-0.4, -0.2) is 58.0 Å². The van der Waals surface area contributed by atoms with Gasteiger partial charge in [0.25, 0.3) is 5.91 Å². The zero-order chi connectivity index (χ0) is 20.9. The van der Waals surface area contributed by atoms with Gasteiger partial charge in [-0.05, 0) is 37.1 Å². The molecule has 1 aromatic carbocycles. The molecule has 0 atom stereocenters. The zero-order valence-electron chi connectivity index (χ0n) is 17.1. The molecule has 8 nitrogen and oxygen atoms in total. The van der Waals surface area contributed by atoms with E-state index >= 15 is 0 Å². The topological polar surface area (TPSA) is 93.1 Å². The van der Waals surface area contributed by atoms with Crippen LogP contribution in [0, 0.1) is 0 Å². The molecule has 2 aromatic heterocycles. The summed E-state index contributed by atoms with van der Waals surface area (Å²) in [6.07, 6.45) is 6.62. The third kappa shape index (κ3) is 4.22. The minimum Gasteiger partial charge on any atom is -0.497 e. The van der Waals surface area contributed by atoms with E-state index in [1.54, 1.807) is 25.7 Å². The fourth-order valence-corrected chi connectivity index (χ4v) is 3.63. The molecular formula is C22H24N6O2. The first-order valence-electron chi connectivity index (χ1n) is 9.94. The number of amides is 1. The monoisotopic (exact) mass is 404 g/mol. The maximum Gasteiger partial charge on any atom is 0.253 e. The van der Waals surface area contributed by atoms with Gasteiger partial charge in [0.2, 0.25) is 0 Å². The molecule has 1 fully saturated rings. The van der Waals surface area contributed by atoms with Crippen LogP contribution >= 0.6 is 0 Å². The summed E-state index contributed by atoms with van der Waals surface area (Å²) in [5.41, 5.74) is 2.29. The molecule has 3 aromatic rings. The summed E-state index contributed by atoms with van der Waals surface area (Å²) in [6.45, 7) is 1.38. The van der Waals surface area contributed by atoms with Gasteiger partial charge in [-0.15, -0.1) is 0 Å². The van der Waals surface area contributed by atoms with E-state index in [4.69, 9.17) is 9.72 Å². The molecule has 8 heteroatoms. The highest BCUT2D eigenvalue weighted by Crippen LogP contribution is 2.30. The van der Waals surface area contributed by atoms with Crippen molar-refractivity contribution in [2.24, 2.45) is 0 Å². The van der Waals surface area contributed by atoms with Crippen molar-refractivity contribution in [1.82, 2.24) is 24.8 Å². The molecule has 3 heterocycles. The van der Waals surface area contributed by atoms with Crippen molar-refractivity contribution in [2.45, 2.75) is 18.8 Å². The number of anilines is 1. The average Bonchev–Trinajstić information content (AvgIpc) is 2.84. The van der Waals surface area contributed by atoms with Crippen LogP contribution < -0.4 is 10.1 Å². The van der Waals surface area contributed by atoms with Crippen molar-refractivity contribution in [2.75, 3.05) is 32.6 Å². The molecule has 1 amide bonds. The molecule has 4 rings (SSSR count). The summed E-state index contributed by atoms with van der Waals surface area (Å²) in [4.78, 5) is 32.4. The largest absolute Gasteiger partial charge is 0.497 e. The standard InChI is InChI=1S/C22H24N6O2/c1-23-20-13-18(26-21(27-20)19-14-24-9-10-25-19)15-7-11-28(12-8-15)22(29)16-3-5-17(30-2)6-4-16/h3-6,9-10,13-15H,7-8,11-12H2,1-2H3,(H,23,26,27). The number of carbonyl (C=O) groups excluding carboxylic acids is 1. The molecule has 0 unspecified atom stereocenters. The second kappa shape index (κ2) is 8.86. The van der Waals surface area contributed by atoms with E-state index in [-0.39, 0.29) is 11.8 Å². The SMILES string of the molecule is CNc1cc(C2CCN(C(=O)c3ccc(OC)cc3)CC2)nc(-c2cnccn2)n1. The minimum atomic E-state index is 0.0509. The summed E-state index contributed by atoms with van der Waals surface area (Å²) in [5.74, 6) is 2.36. The van der Waals surface area contributed by atoms with Gasteiger partial charge in [-0.25, -0.2) is 15.0 Å². The number of carbonyl (C=O) groups is 1. The van der Waals surface area contributed by atoms with E-state index in [1.807, 2.05) is 42.3 Å². The molecule has 0 radical (unpaired) electrons. The van der Waals surface area contributed by atoms with Gasteiger partial charge in [0.1, 0.15) is 17.3 Å². The van der Waals surface area contributed by atoms with Gasteiger partial charge in [0.05, 0.1) is 13.3 Å². The molecule has 0 saturated carbocycles. The molecule has 1 N–H and O–H groups in total. The van der Waals surface area contributed by atoms with Crippen LogP contribution in [0.5, 0.6) is 5.75 Å². The lowest BCUT2D eigenvalue weighted by molar-refractivity contribution is 0.0712. The van der Waals surface area contributed by atoms with E-state index in [0.29, 0.717) is 30.2 Å². The Labute approximate surface area is 175 Å². The van der Waals surface area contributed by atoms with Crippen molar-refractivity contribution in [1.29, 1.82) is 0 Å². The van der Waals surface area contributed by atoms with E-state index in [0.717, 1.165) is 30.1 Å². The van der Waals surface area contributed by atoms with E-state index in [2.05, 4.69) is 20.3 Å². The third-order valence-electron chi connectivity index (χ3n) is 5.33. The second-order valence-electron chi connectivity index (χ2n) is 7.14. The van der Waals surface area contributed by atoms with Crippen LogP contribution in [0.3, 0.4) is 0 Å². The Kier molecular flexibility index (Phi) is 5.83. The number of nitrogens with zero attached hydrogens (tertiary/aromatic N) is 5. The summed E-state index contributed by atoms with van der Waals surface area (Å²) >= 11 is 0. The maximum atomic E-state index is 12.8. The number of rotatable bonds is 5. The molecule has 0 bridgehead atoms. The predicted octanol–water partition coefficient (Wildman–Crippen LogP) is 3.00. The maximum absolute atomic E-state index is 12.8. The van der Waals surface area contributed by atoms with Gasteiger partial charge >= 0.3 is 0 Å². The Morgan fingerprint density at radius 1 is 1.13 bits per heavy atom. The van der Waals surface area contributed by atoms with Crippen LogP contribution in [0.15, 0.2) is 48.9 Å². The lowest BCUT2D eigenvalue weighted by atomic mass is 9.92. The first kappa shape index (κ1) is 19.8. The van der Waals surface area contributed by atoms with Gasteiger partial charge in [-0.2, -0.15) is 0 Å². The number of piperidine rings is 1. The predicted molar refractivity (Wildman–Crippen MR) is 113 cm³/mol. The Bertz CT molecular complexity index is 1000. The summed E-state index contributed by atoms with van der Waals surface area (Å²) in [7, 11) is 3.45. The van der Waals surface area contributed by atoms with Crippen molar-refractivity contribution in [3.63, 3.8) is 0 Å². The van der Waals surface area contributed by atoms with Gasteiger partial charge in [0, 0.05) is 55.8 Å². The van der Waals surface area contributed by atoms with Crippen LogP contribution in [0.25, 0.3) is 11.5 Å². The molecule has 1 saturated heterocycles. The normalized spacial score (nSPS) is 14.4. The smallest absolute Gasteiger partial charge is 0.253 e. The Balaban J connectivity index is 1.47. The number of ether oxygens (including phenoxy) is 1. The summed E-state index contributed by atoms with van der Waals surface area (Å²) in [5, 5.41) is 3.10. The Hall–Kier alpha value is -3.55. The second-order valence-corrected chi connectivity index (χ2v) is 7.14. The summed E-state index contributed by atoms with van der Waals surface area (Å²) in [6, 6.07) is 9.22.